The average molecular weight is 294 g/mol. The van der Waals surface area contributed by atoms with Crippen molar-refractivity contribution in [3.05, 3.63) is 53.3 Å². The number of nitrogens with two attached hydrogens (primary N) is 1. The molecule has 0 atom stereocenters. The molecule has 2 N–H and O–H groups in total. The van der Waals surface area contributed by atoms with Gasteiger partial charge in [-0.1, -0.05) is 37.3 Å². The standard InChI is InChI=1S/C17H14N2OS/c1-2-13-12(8-9-20-13)17-15(11-6-4-3-5-7-11)16(19)14(10-18)21-17/h3-9H,2,19H2,1H3. The van der Waals surface area contributed by atoms with Gasteiger partial charge in [-0.25, -0.2) is 0 Å². The predicted molar refractivity (Wildman–Crippen MR) is 86.0 cm³/mol. The second-order valence-corrected chi connectivity index (χ2v) is 5.66. The average Bonchev–Trinajstić information content (AvgIpc) is 3.11. The van der Waals surface area contributed by atoms with Crippen molar-refractivity contribution in [3.63, 3.8) is 0 Å². The van der Waals surface area contributed by atoms with Crippen LogP contribution in [0.15, 0.2) is 47.1 Å². The normalized spacial score (nSPS) is 10.5. The SMILES string of the molecule is CCc1occc1-c1sc(C#N)c(N)c1-c1ccccc1. The molecule has 0 bridgehead atoms. The zero-order valence-electron chi connectivity index (χ0n) is 11.6. The number of rotatable bonds is 3. The van der Waals surface area contributed by atoms with E-state index in [0.29, 0.717) is 10.6 Å². The number of anilines is 1. The molecule has 0 aliphatic rings. The van der Waals surface area contributed by atoms with Gasteiger partial charge < -0.3 is 10.2 Å². The summed E-state index contributed by atoms with van der Waals surface area (Å²) in [6, 6.07) is 14.1. The molecule has 2 heterocycles. The number of nitrogen functional groups attached to an aromatic ring is 1. The van der Waals surface area contributed by atoms with Gasteiger partial charge in [0.25, 0.3) is 0 Å². The third-order valence-electron chi connectivity index (χ3n) is 3.42. The molecule has 0 radical (unpaired) electrons. The first-order chi connectivity index (χ1) is 10.3. The van der Waals surface area contributed by atoms with Crippen molar-refractivity contribution in [1.82, 2.24) is 0 Å². The smallest absolute Gasteiger partial charge is 0.129 e. The number of nitrogens with zero attached hydrogens (tertiary/aromatic N) is 1. The number of nitriles is 1. The minimum Gasteiger partial charge on any atom is -0.469 e. The van der Waals surface area contributed by atoms with Gasteiger partial charge in [-0.3, -0.25) is 0 Å². The van der Waals surface area contributed by atoms with Gasteiger partial charge in [0.2, 0.25) is 0 Å². The summed E-state index contributed by atoms with van der Waals surface area (Å²) < 4.78 is 5.52. The van der Waals surface area contributed by atoms with Gasteiger partial charge in [0.05, 0.1) is 12.0 Å². The lowest BCUT2D eigenvalue weighted by Crippen LogP contribution is -1.89. The van der Waals surface area contributed by atoms with E-state index in [-0.39, 0.29) is 0 Å². The van der Waals surface area contributed by atoms with Crippen molar-refractivity contribution >= 4 is 17.0 Å². The fourth-order valence-corrected chi connectivity index (χ4v) is 3.51. The van der Waals surface area contributed by atoms with Crippen LogP contribution in [0.1, 0.15) is 17.6 Å². The molecule has 1 aromatic carbocycles. The summed E-state index contributed by atoms with van der Waals surface area (Å²) in [5, 5.41) is 9.28. The molecule has 0 fully saturated rings. The Kier molecular flexibility index (Phi) is 3.51. The first-order valence-electron chi connectivity index (χ1n) is 6.70. The van der Waals surface area contributed by atoms with Gasteiger partial charge in [-0.2, -0.15) is 5.26 Å². The third kappa shape index (κ3) is 2.22. The highest BCUT2D eigenvalue weighted by Gasteiger charge is 2.21. The van der Waals surface area contributed by atoms with Crippen LogP contribution in [-0.4, -0.2) is 0 Å². The van der Waals surface area contributed by atoms with Crippen molar-refractivity contribution < 1.29 is 4.42 Å². The number of benzene rings is 1. The predicted octanol–water partition coefficient (Wildman–Crippen LogP) is 4.69. The summed E-state index contributed by atoms with van der Waals surface area (Å²) in [5.41, 5.74) is 9.72. The molecule has 2 aromatic heterocycles. The third-order valence-corrected chi connectivity index (χ3v) is 4.56. The Balaban J connectivity index is 2.29. The Morgan fingerprint density at radius 2 is 2.00 bits per heavy atom. The van der Waals surface area contributed by atoms with Gasteiger partial charge in [-0.05, 0) is 11.6 Å². The molecule has 3 aromatic rings. The Labute approximate surface area is 127 Å². The number of hydrogen-bond donors (Lipinski definition) is 1. The van der Waals surface area contributed by atoms with Crippen LogP contribution in [0.3, 0.4) is 0 Å². The quantitative estimate of drug-likeness (QED) is 0.762. The van der Waals surface area contributed by atoms with Crippen LogP contribution in [0.4, 0.5) is 5.69 Å². The highest BCUT2D eigenvalue weighted by atomic mass is 32.1. The van der Waals surface area contributed by atoms with E-state index in [1.54, 1.807) is 6.26 Å². The second kappa shape index (κ2) is 5.47. The van der Waals surface area contributed by atoms with E-state index < -0.39 is 0 Å². The van der Waals surface area contributed by atoms with Crippen LogP contribution in [0.25, 0.3) is 21.6 Å². The van der Waals surface area contributed by atoms with Crippen LogP contribution in [-0.2, 0) is 6.42 Å². The minimum atomic E-state index is 0.548. The summed E-state index contributed by atoms with van der Waals surface area (Å²) in [6.45, 7) is 2.05. The lowest BCUT2D eigenvalue weighted by Gasteiger charge is -2.05. The summed E-state index contributed by atoms with van der Waals surface area (Å²) in [5.74, 6) is 0.915. The van der Waals surface area contributed by atoms with Crippen LogP contribution < -0.4 is 5.73 Å². The first kappa shape index (κ1) is 13.5. The molecule has 0 aliphatic carbocycles. The van der Waals surface area contributed by atoms with Crippen molar-refractivity contribution in [2.24, 2.45) is 0 Å². The van der Waals surface area contributed by atoms with E-state index >= 15 is 0 Å². The molecule has 0 saturated carbocycles. The number of furan rings is 1. The Hall–Kier alpha value is -2.51. The topological polar surface area (TPSA) is 63.0 Å². The maximum atomic E-state index is 9.28. The van der Waals surface area contributed by atoms with Gasteiger partial charge in [-0.15, -0.1) is 11.3 Å². The van der Waals surface area contributed by atoms with Crippen molar-refractivity contribution in [1.29, 1.82) is 5.26 Å². The monoisotopic (exact) mass is 294 g/mol. The molecule has 0 unspecified atom stereocenters. The molecule has 0 amide bonds. The molecule has 104 valence electrons. The molecular formula is C17H14N2OS. The maximum Gasteiger partial charge on any atom is 0.129 e. The Bertz CT molecular complexity index is 809. The molecule has 3 rings (SSSR count). The molecule has 3 nitrogen and oxygen atoms in total. The largest absolute Gasteiger partial charge is 0.469 e. The van der Waals surface area contributed by atoms with Gasteiger partial charge in [0.15, 0.2) is 0 Å². The lowest BCUT2D eigenvalue weighted by molar-refractivity contribution is 0.517. The fraction of sp³-hybridized carbons (Fsp3) is 0.118. The van der Waals surface area contributed by atoms with E-state index in [4.69, 9.17) is 10.2 Å². The summed E-state index contributed by atoms with van der Waals surface area (Å²) >= 11 is 1.42. The number of hydrogen-bond acceptors (Lipinski definition) is 4. The van der Waals surface area contributed by atoms with Crippen molar-refractivity contribution in [2.75, 3.05) is 5.73 Å². The number of aryl methyl sites for hydroxylation is 1. The lowest BCUT2D eigenvalue weighted by atomic mass is 10.0. The molecule has 0 aliphatic heterocycles. The summed E-state index contributed by atoms with van der Waals surface area (Å²) in [6.07, 6.45) is 2.49. The number of thiophene rings is 1. The highest BCUT2D eigenvalue weighted by molar-refractivity contribution is 7.17. The zero-order chi connectivity index (χ0) is 14.8. The van der Waals surface area contributed by atoms with E-state index in [0.717, 1.165) is 33.7 Å². The molecule has 0 spiro atoms. The highest BCUT2D eigenvalue weighted by Crippen LogP contribution is 2.45. The van der Waals surface area contributed by atoms with Crippen LogP contribution >= 0.6 is 11.3 Å². The fourth-order valence-electron chi connectivity index (χ4n) is 2.42. The van der Waals surface area contributed by atoms with E-state index in [1.165, 1.54) is 11.3 Å². The molecule has 0 saturated heterocycles. The second-order valence-electron chi connectivity index (χ2n) is 4.64. The van der Waals surface area contributed by atoms with Crippen molar-refractivity contribution in [3.8, 4) is 27.6 Å². The first-order valence-corrected chi connectivity index (χ1v) is 7.52. The van der Waals surface area contributed by atoms with Gasteiger partial charge >= 0.3 is 0 Å². The summed E-state index contributed by atoms with van der Waals surface area (Å²) in [7, 11) is 0. The maximum absolute atomic E-state index is 9.28. The molecular weight excluding hydrogens is 280 g/mol. The van der Waals surface area contributed by atoms with Crippen molar-refractivity contribution in [2.45, 2.75) is 13.3 Å². The van der Waals surface area contributed by atoms with E-state index in [1.807, 2.05) is 43.3 Å². The van der Waals surface area contributed by atoms with Crippen LogP contribution in [0, 0.1) is 11.3 Å². The van der Waals surface area contributed by atoms with Gasteiger partial charge in [0.1, 0.15) is 16.7 Å². The van der Waals surface area contributed by atoms with Crippen LogP contribution in [0.2, 0.25) is 0 Å². The minimum absolute atomic E-state index is 0.548. The zero-order valence-corrected chi connectivity index (χ0v) is 12.4. The van der Waals surface area contributed by atoms with E-state index in [2.05, 4.69) is 6.07 Å². The van der Waals surface area contributed by atoms with Gasteiger partial charge in [0, 0.05) is 22.4 Å². The Morgan fingerprint density at radius 1 is 1.24 bits per heavy atom. The Morgan fingerprint density at radius 3 is 2.67 bits per heavy atom. The van der Waals surface area contributed by atoms with Crippen LogP contribution in [0.5, 0.6) is 0 Å². The summed E-state index contributed by atoms with van der Waals surface area (Å²) in [4.78, 5) is 1.55. The van der Waals surface area contributed by atoms with E-state index in [9.17, 15) is 5.26 Å². The molecule has 4 heteroatoms. The molecule has 21 heavy (non-hydrogen) atoms.